The number of halogens is 1. The summed E-state index contributed by atoms with van der Waals surface area (Å²) in [6, 6.07) is 8.98. The number of nitriles is 2. The lowest BCUT2D eigenvalue weighted by atomic mass is 9.79. The lowest BCUT2D eigenvalue weighted by Gasteiger charge is -2.27. The van der Waals surface area contributed by atoms with Gasteiger partial charge in [-0.15, -0.1) is 0 Å². The summed E-state index contributed by atoms with van der Waals surface area (Å²) in [6.45, 7) is 1.67. The van der Waals surface area contributed by atoms with Crippen LogP contribution >= 0.6 is 11.8 Å². The number of aliphatic hydroxyl groups is 1. The topological polar surface area (TPSA) is 133 Å². The van der Waals surface area contributed by atoms with E-state index in [1.165, 1.54) is 24.1 Å². The molecule has 2 heterocycles. The smallest absolute Gasteiger partial charge is 0.226 e. The van der Waals surface area contributed by atoms with Gasteiger partial charge in [-0.1, -0.05) is 11.8 Å². The fourth-order valence-corrected chi connectivity index (χ4v) is 5.01. The molecule has 0 saturated heterocycles. The Labute approximate surface area is 195 Å². The molecule has 2 aromatic heterocycles. The molecule has 7 nitrogen and oxygen atoms in total. The van der Waals surface area contributed by atoms with E-state index in [4.69, 9.17) is 10.2 Å². The van der Waals surface area contributed by atoms with Crippen molar-refractivity contribution in [3.05, 3.63) is 58.2 Å². The SMILES string of the molecule is Cc1cc(-c2nc(CSc3nc(N)c(C#N)c(C4CCC(O)CC4)c3C#N)co2)ccc1F. The van der Waals surface area contributed by atoms with Crippen molar-refractivity contribution in [1.82, 2.24) is 9.97 Å². The average molecular weight is 464 g/mol. The number of hydrogen-bond acceptors (Lipinski definition) is 8. The van der Waals surface area contributed by atoms with Crippen LogP contribution < -0.4 is 5.73 Å². The largest absolute Gasteiger partial charge is 0.444 e. The molecule has 1 aromatic carbocycles. The first kappa shape index (κ1) is 22.8. The molecule has 1 aliphatic carbocycles. The predicted molar refractivity (Wildman–Crippen MR) is 121 cm³/mol. The fraction of sp³-hybridized carbons (Fsp3) is 0.333. The van der Waals surface area contributed by atoms with Gasteiger partial charge in [-0.25, -0.2) is 14.4 Å². The number of nitrogens with zero attached hydrogens (tertiary/aromatic N) is 4. The molecule has 3 aromatic rings. The number of thioether (sulfide) groups is 1. The zero-order valence-corrected chi connectivity index (χ0v) is 18.8. The van der Waals surface area contributed by atoms with Crippen molar-refractivity contribution < 1.29 is 13.9 Å². The van der Waals surface area contributed by atoms with Crippen molar-refractivity contribution in [2.75, 3.05) is 5.73 Å². The predicted octanol–water partition coefficient (Wildman–Crippen LogP) is 4.82. The molecule has 3 N–H and O–H groups in total. The van der Waals surface area contributed by atoms with E-state index in [-0.39, 0.29) is 29.2 Å². The van der Waals surface area contributed by atoms with Crippen LogP contribution in [-0.4, -0.2) is 21.2 Å². The van der Waals surface area contributed by atoms with Crippen molar-refractivity contribution in [3.63, 3.8) is 0 Å². The van der Waals surface area contributed by atoms with Gasteiger partial charge in [-0.05, 0) is 67.9 Å². The highest BCUT2D eigenvalue weighted by Gasteiger charge is 2.29. The molecule has 0 unspecified atom stereocenters. The molecule has 0 amide bonds. The Morgan fingerprint density at radius 1 is 1.18 bits per heavy atom. The molecule has 9 heteroatoms. The first-order chi connectivity index (χ1) is 15.9. The number of nitrogen functional groups attached to an aromatic ring is 1. The molecule has 168 valence electrons. The molecule has 1 fully saturated rings. The van der Waals surface area contributed by atoms with E-state index in [1.807, 2.05) is 0 Å². The summed E-state index contributed by atoms with van der Waals surface area (Å²) in [5, 5.41) is 29.9. The Bertz CT molecular complexity index is 1270. The Morgan fingerprint density at radius 2 is 1.91 bits per heavy atom. The van der Waals surface area contributed by atoms with Crippen molar-refractivity contribution in [2.24, 2.45) is 0 Å². The van der Waals surface area contributed by atoms with E-state index in [0.29, 0.717) is 70.3 Å². The van der Waals surface area contributed by atoms with Crippen LogP contribution in [0.5, 0.6) is 0 Å². The molecule has 4 rings (SSSR count). The summed E-state index contributed by atoms with van der Waals surface area (Å²) >= 11 is 1.30. The summed E-state index contributed by atoms with van der Waals surface area (Å²) in [6.07, 6.45) is 3.77. The van der Waals surface area contributed by atoms with E-state index >= 15 is 0 Å². The Hall–Kier alpha value is -3.40. The monoisotopic (exact) mass is 463 g/mol. The van der Waals surface area contributed by atoms with E-state index < -0.39 is 0 Å². The highest BCUT2D eigenvalue weighted by Crippen LogP contribution is 2.40. The van der Waals surface area contributed by atoms with E-state index in [1.54, 1.807) is 19.1 Å². The second-order valence-corrected chi connectivity index (χ2v) is 9.06. The van der Waals surface area contributed by atoms with Gasteiger partial charge in [0.05, 0.1) is 22.9 Å². The van der Waals surface area contributed by atoms with Crippen molar-refractivity contribution >= 4 is 17.6 Å². The zero-order chi connectivity index (χ0) is 23.5. The van der Waals surface area contributed by atoms with Gasteiger partial charge in [0, 0.05) is 11.3 Å². The third-order valence-electron chi connectivity index (χ3n) is 5.87. The number of hydrogen-bond donors (Lipinski definition) is 2. The van der Waals surface area contributed by atoms with Gasteiger partial charge in [0.25, 0.3) is 0 Å². The number of oxazole rings is 1. The summed E-state index contributed by atoms with van der Waals surface area (Å²) < 4.78 is 19.1. The Morgan fingerprint density at radius 3 is 2.58 bits per heavy atom. The van der Waals surface area contributed by atoms with Crippen molar-refractivity contribution in [1.29, 1.82) is 10.5 Å². The molecule has 0 aliphatic heterocycles. The minimum Gasteiger partial charge on any atom is -0.444 e. The third-order valence-corrected chi connectivity index (χ3v) is 6.88. The van der Waals surface area contributed by atoms with Crippen LogP contribution in [-0.2, 0) is 5.75 Å². The molecule has 0 spiro atoms. The number of aryl methyl sites for hydroxylation is 1. The van der Waals surface area contributed by atoms with Crippen LogP contribution in [0.3, 0.4) is 0 Å². The zero-order valence-electron chi connectivity index (χ0n) is 18.0. The number of pyridine rings is 1. The van der Waals surface area contributed by atoms with Gasteiger partial charge in [-0.3, -0.25) is 0 Å². The first-order valence-electron chi connectivity index (χ1n) is 10.6. The number of nitrogens with two attached hydrogens (primary N) is 1. The summed E-state index contributed by atoms with van der Waals surface area (Å²) in [4.78, 5) is 8.80. The maximum absolute atomic E-state index is 13.5. The molecular formula is C24H22FN5O2S. The van der Waals surface area contributed by atoms with Crippen LogP contribution in [0.2, 0.25) is 0 Å². The Kier molecular flexibility index (Phi) is 6.64. The number of rotatable bonds is 5. The van der Waals surface area contributed by atoms with E-state index in [9.17, 15) is 20.0 Å². The first-order valence-corrected chi connectivity index (χ1v) is 11.5. The summed E-state index contributed by atoms with van der Waals surface area (Å²) in [5.74, 6) is 0.533. The maximum Gasteiger partial charge on any atom is 0.226 e. The lowest BCUT2D eigenvalue weighted by molar-refractivity contribution is 0.122. The Balaban J connectivity index is 1.60. The second kappa shape index (κ2) is 9.62. The molecule has 33 heavy (non-hydrogen) atoms. The highest BCUT2D eigenvalue weighted by molar-refractivity contribution is 7.98. The van der Waals surface area contributed by atoms with Gasteiger partial charge in [0.1, 0.15) is 35.1 Å². The van der Waals surface area contributed by atoms with Crippen LogP contribution in [0.4, 0.5) is 10.2 Å². The molecule has 0 bridgehead atoms. The quantitative estimate of drug-likeness (QED) is 0.515. The van der Waals surface area contributed by atoms with Gasteiger partial charge in [0.2, 0.25) is 5.89 Å². The molecule has 0 atom stereocenters. The van der Waals surface area contributed by atoms with Gasteiger partial charge in [-0.2, -0.15) is 10.5 Å². The molecular weight excluding hydrogens is 441 g/mol. The minimum atomic E-state index is -0.350. The summed E-state index contributed by atoms with van der Waals surface area (Å²) in [5.41, 5.74) is 9.12. The second-order valence-electron chi connectivity index (χ2n) is 8.09. The highest BCUT2D eigenvalue weighted by atomic mass is 32.2. The maximum atomic E-state index is 13.5. The van der Waals surface area contributed by atoms with Crippen molar-refractivity contribution in [3.8, 4) is 23.6 Å². The summed E-state index contributed by atoms with van der Waals surface area (Å²) in [7, 11) is 0. The van der Waals surface area contributed by atoms with E-state index in [0.717, 1.165) is 0 Å². The van der Waals surface area contributed by atoms with Crippen LogP contribution in [0, 0.1) is 35.4 Å². The molecule has 1 saturated carbocycles. The van der Waals surface area contributed by atoms with Crippen LogP contribution in [0.1, 0.15) is 59.5 Å². The molecule has 0 radical (unpaired) electrons. The van der Waals surface area contributed by atoms with E-state index in [2.05, 4.69) is 22.1 Å². The number of aliphatic hydroxyl groups excluding tert-OH is 1. The van der Waals surface area contributed by atoms with Crippen LogP contribution in [0.25, 0.3) is 11.5 Å². The molecule has 1 aliphatic rings. The lowest BCUT2D eigenvalue weighted by Crippen LogP contribution is -2.19. The normalized spacial score (nSPS) is 18.0. The van der Waals surface area contributed by atoms with Gasteiger partial charge in [0.15, 0.2) is 0 Å². The number of benzene rings is 1. The fourth-order valence-electron chi connectivity index (χ4n) is 4.13. The average Bonchev–Trinajstić information content (AvgIpc) is 3.28. The van der Waals surface area contributed by atoms with Gasteiger partial charge < -0.3 is 15.3 Å². The standard InChI is InChI=1S/C24H22FN5O2S/c1-13-8-15(4-7-20(13)25)23-29-16(11-32-23)12-33-24-19(10-27)21(18(9-26)22(28)30-24)14-2-5-17(31)6-3-14/h4,7-8,11,14,17,31H,2-3,5-6,12H2,1H3,(H2,28,30). The number of anilines is 1. The minimum absolute atomic E-state index is 0.0253. The number of aromatic nitrogens is 2. The van der Waals surface area contributed by atoms with Gasteiger partial charge >= 0.3 is 0 Å². The van der Waals surface area contributed by atoms with Crippen molar-refractivity contribution in [2.45, 2.75) is 55.4 Å². The van der Waals surface area contributed by atoms with Crippen LogP contribution in [0.15, 0.2) is 33.9 Å². The third kappa shape index (κ3) is 4.70.